The van der Waals surface area contributed by atoms with Crippen molar-refractivity contribution in [3.8, 4) is 17.0 Å². The van der Waals surface area contributed by atoms with Crippen molar-refractivity contribution >= 4 is 35.0 Å². The fourth-order valence-electron chi connectivity index (χ4n) is 10.2. The monoisotopic (exact) mass is 792 g/mol. The number of phenolic OH excluding ortho intramolecular Hbond substituents is 1. The Morgan fingerprint density at radius 2 is 1.66 bits per heavy atom. The summed E-state index contributed by atoms with van der Waals surface area (Å²) in [5.74, 6) is -2.96. The molecule has 2 aromatic carbocycles. The van der Waals surface area contributed by atoms with Crippen molar-refractivity contribution < 1.29 is 23.5 Å². The van der Waals surface area contributed by atoms with Gasteiger partial charge in [-0.3, -0.25) is 19.8 Å². The summed E-state index contributed by atoms with van der Waals surface area (Å²) in [7, 11) is 1.78. The number of phenols is 1. The maximum atomic E-state index is 16.0. The number of para-hydroxylation sites is 1. The van der Waals surface area contributed by atoms with E-state index in [0.717, 1.165) is 68.9 Å². The van der Waals surface area contributed by atoms with E-state index in [9.17, 15) is 14.7 Å². The lowest BCUT2D eigenvalue weighted by Gasteiger charge is -2.44. The van der Waals surface area contributed by atoms with Gasteiger partial charge in [-0.15, -0.1) is 10.2 Å². The Labute approximate surface area is 336 Å². The van der Waals surface area contributed by atoms with Crippen LogP contribution in [0.25, 0.3) is 11.3 Å². The summed E-state index contributed by atoms with van der Waals surface area (Å²) in [6.07, 6.45) is 8.33. The Bertz CT molecular complexity index is 2170. The fourth-order valence-corrected chi connectivity index (χ4v) is 10.2. The molecule has 4 aliphatic heterocycles. The number of hydrogen-bond acceptors (Lipinski definition) is 12. The molecule has 2 bridgehead atoms. The number of piperidine rings is 2. The molecular weight excluding hydrogens is 743 g/mol. The number of likely N-dealkylation sites (N-methyl/N-ethyl adjacent to an activating group) is 1. The first-order valence-corrected chi connectivity index (χ1v) is 20.6. The van der Waals surface area contributed by atoms with Gasteiger partial charge in [-0.1, -0.05) is 24.3 Å². The first kappa shape index (κ1) is 38.1. The second-order valence-corrected chi connectivity index (χ2v) is 16.7. The van der Waals surface area contributed by atoms with Crippen LogP contribution >= 0.6 is 0 Å². The van der Waals surface area contributed by atoms with Gasteiger partial charge in [0.25, 0.3) is 5.92 Å². The van der Waals surface area contributed by atoms with Gasteiger partial charge in [0.15, 0.2) is 5.82 Å². The van der Waals surface area contributed by atoms with Crippen LogP contribution in [0.4, 0.5) is 31.9 Å². The Balaban J connectivity index is 0.816. The Kier molecular flexibility index (Phi) is 10.1. The number of aromatic nitrogens is 4. The van der Waals surface area contributed by atoms with Gasteiger partial charge in [-0.05, 0) is 99.9 Å². The number of alkyl halides is 2. The molecule has 1 saturated carbocycles. The van der Waals surface area contributed by atoms with E-state index in [-0.39, 0.29) is 54.6 Å². The molecule has 0 spiro atoms. The van der Waals surface area contributed by atoms with Crippen molar-refractivity contribution in [1.29, 1.82) is 0 Å². The molecule has 2 amide bonds. The van der Waals surface area contributed by atoms with Crippen LogP contribution < -0.4 is 25.8 Å². The predicted octanol–water partition coefficient (Wildman–Crippen LogP) is 5.47. The number of carbonyl (C=O) groups excluding carboxylic acids is 2. The average Bonchev–Trinajstić information content (AvgIpc) is 3.49. The molecule has 9 rings (SSSR count). The quantitative estimate of drug-likeness (QED) is 0.194. The molecule has 13 nitrogen and oxygen atoms in total. The lowest BCUT2D eigenvalue weighted by atomic mass is 9.80. The highest BCUT2D eigenvalue weighted by atomic mass is 19.3. The number of halogens is 2. The lowest BCUT2D eigenvalue weighted by Crippen LogP contribution is -2.54. The summed E-state index contributed by atoms with van der Waals surface area (Å²) in [6.45, 7) is 1.80. The standard InChI is InChI=1S/C43H50F2N10O3/c1-52(36-15-16-39(57)49-41(36)58)29-6-4-5-27(21-29)33-18-20-53(25-43(33,44)45)28-11-9-26(10-12-28)34-17-19-47-42(48-34)55-30-13-14-31(55)24-54(23-30)37-22-35(50-51-40(37)46)32-7-2-3-8-38(32)56/h2-8,17,19,21-22,26,28,30-31,33,36,56H,9-16,18,20,23-25H2,1H3,(H2,46,51)(H,49,57,58)/t26-,28-,30-,31+,33-,36?/m0/s1. The van der Waals surface area contributed by atoms with E-state index in [1.807, 2.05) is 41.4 Å². The second-order valence-electron chi connectivity index (χ2n) is 16.7. The van der Waals surface area contributed by atoms with E-state index in [2.05, 4.69) is 25.3 Å². The molecule has 4 atom stereocenters. The zero-order chi connectivity index (χ0) is 40.1. The van der Waals surface area contributed by atoms with Gasteiger partial charge in [-0.25, -0.2) is 18.7 Å². The second kappa shape index (κ2) is 15.4. The van der Waals surface area contributed by atoms with Crippen molar-refractivity contribution in [2.45, 2.75) is 99.7 Å². The van der Waals surface area contributed by atoms with Crippen LogP contribution in [0.5, 0.6) is 5.75 Å². The van der Waals surface area contributed by atoms with E-state index in [4.69, 9.17) is 15.7 Å². The number of nitrogen functional groups attached to an aromatic ring is 1. The fraction of sp³-hybridized carbons (Fsp3) is 0.488. The van der Waals surface area contributed by atoms with Gasteiger partial charge in [0.2, 0.25) is 17.8 Å². The third-order valence-corrected chi connectivity index (χ3v) is 13.3. The summed E-state index contributed by atoms with van der Waals surface area (Å²) >= 11 is 0. The van der Waals surface area contributed by atoms with Crippen molar-refractivity contribution in [3.05, 3.63) is 78.1 Å². The molecule has 15 heteroatoms. The van der Waals surface area contributed by atoms with Crippen LogP contribution in [0, 0.1) is 0 Å². The largest absolute Gasteiger partial charge is 0.507 e. The molecule has 5 fully saturated rings. The van der Waals surface area contributed by atoms with Gasteiger partial charge >= 0.3 is 0 Å². The molecule has 6 heterocycles. The number of carbonyl (C=O) groups is 2. The minimum atomic E-state index is -2.90. The minimum absolute atomic E-state index is 0.0970. The molecule has 1 aliphatic carbocycles. The van der Waals surface area contributed by atoms with Crippen LogP contribution in [0.1, 0.15) is 80.9 Å². The highest BCUT2D eigenvalue weighted by Gasteiger charge is 2.47. The number of aromatic hydroxyl groups is 1. The Hall–Kier alpha value is -5.44. The first-order valence-electron chi connectivity index (χ1n) is 20.6. The minimum Gasteiger partial charge on any atom is -0.507 e. The highest BCUT2D eigenvalue weighted by Crippen LogP contribution is 2.45. The third kappa shape index (κ3) is 7.29. The van der Waals surface area contributed by atoms with E-state index in [0.29, 0.717) is 47.7 Å². The zero-order valence-corrected chi connectivity index (χ0v) is 32.7. The van der Waals surface area contributed by atoms with Crippen molar-refractivity contribution in [2.75, 3.05) is 53.7 Å². The van der Waals surface area contributed by atoms with Crippen LogP contribution in [0.3, 0.4) is 0 Å². The third-order valence-electron chi connectivity index (χ3n) is 13.3. The number of likely N-dealkylation sites (tertiary alicyclic amines) is 1. The SMILES string of the molecule is CN(c1cccc([C@@H]2CCN([C@H]3CC[C@H](c4ccnc(N5[C@@H]6CC[C@H]5CN(c5cc(-c7ccccc7O)nnc5N)C6)n4)CC3)CC2(F)F)c1)C1CCC(=O)NC1=O. The topological polar surface area (TPSA) is 157 Å². The maximum Gasteiger partial charge on any atom is 0.267 e. The van der Waals surface area contributed by atoms with Crippen LogP contribution in [0.2, 0.25) is 0 Å². The molecule has 0 radical (unpaired) electrons. The molecule has 58 heavy (non-hydrogen) atoms. The van der Waals surface area contributed by atoms with Gasteiger partial charge in [0.05, 0.1) is 23.8 Å². The summed E-state index contributed by atoms with van der Waals surface area (Å²) in [5, 5.41) is 21.3. The zero-order valence-electron chi connectivity index (χ0n) is 32.7. The molecule has 4 saturated heterocycles. The predicted molar refractivity (Wildman–Crippen MR) is 217 cm³/mol. The van der Waals surface area contributed by atoms with Crippen LogP contribution in [-0.2, 0) is 9.59 Å². The Morgan fingerprint density at radius 3 is 2.40 bits per heavy atom. The first-order chi connectivity index (χ1) is 28.0. The number of hydrogen-bond donors (Lipinski definition) is 3. The van der Waals surface area contributed by atoms with Crippen molar-refractivity contribution in [3.63, 3.8) is 0 Å². The summed E-state index contributed by atoms with van der Waals surface area (Å²) in [5.41, 5.74) is 10.6. The summed E-state index contributed by atoms with van der Waals surface area (Å²) in [6, 6.07) is 18.1. The normalized spacial score (nSPS) is 27.4. The number of benzene rings is 2. The van der Waals surface area contributed by atoms with E-state index >= 15 is 8.78 Å². The molecule has 304 valence electrons. The van der Waals surface area contributed by atoms with E-state index in [1.54, 1.807) is 42.3 Å². The number of amides is 2. The molecular formula is C43H50F2N10O3. The number of fused-ring (bicyclic) bond motifs is 2. The average molecular weight is 793 g/mol. The smallest absolute Gasteiger partial charge is 0.267 e. The van der Waals surface area contributed by atoms with Gasteiger partial charge in [0, 0.05) is 73.7 Å². The summed E-state index contributed by atoms with van der Waals surface area (Å²) in [4.78, 5) is 42.5. The number of piperazine rings is 1. The lowest BCUT2D eigenvalue weighted by molar-refractivity contribution is -0.134. The molecule has 4 aromatic rings. The van der Waals surface area contributed by atoms with E-state index < -0.39 is 17.9 Å². The number of nitrogens with one attached hydrogen (secondary N) is 1. The van der Waals surface area contributed by atoms with Crippen LogP contribution in [-0.4, -0.2) is 105 Å². The number of imide groups is 1. The number of nitrogens with two attached hydrogens (primary N) is 1. The van der Waals surface area contributed by atoms with Gasteiger partial charge in [0.1, 0.15) is 11.8 Å². The maximum absolute atomic E-state index is 16.0. The molecule has 4 N–H and O–H groups in total. The number of rotatable bonds is 8. The van der Waals surface area contributed by atoms with Gasteiger partial charge < -0.3 is 25.5 Å². The van der Waals surface area contributed by atoms with Crippen LogP contribution in [0.15, 0.2) is 66.9 Å². The van der Waals surface area contributed by atoms with Crippen molar-refractivity contribution in [1.82, 2.24) is 30.4 Å². The number of nitrogens with zero attached hydrogens (tertiary/aromatic N) is 8. The summed E-state index contributed by atoms with van der Waals surface area (Å²) < 4.78 is 32.0. The molecule has 5 aliphatic rings. The van der Waals surface area contributed by atoms with Gasteiger partial charge in [-0.2, -0.15) is 0 Å². The molecule has 1 unspecified atom stereocenters. The Morgan fingerprint density at radius 1 is 0.897 bits per heavy atom. The van der Waals surface area contributed by atoms with E-state index in [1.165, 1.54) is 0 Å². The van der Waals surface area contributed by atoms with Crippen molar-refractivity contribution in [2.24, 2.45) is 0 Å². The highest BCUT2D eigenvalue weighted by molar-refractivity contribution is 6.01. The molecule has 2 aromatic heterocycles. The number of anilines is 4.